The largest absolute Gasteiger partial charge is 0.352 e. The van der Waals surface area contributed by atoms with E-state index in [2.05, 4.69) is 10.6 Å². The molecule has 0 radical (unpaired) electrons. The molecule has 2 atom stereocenters. The Morgan fingerprint density at radius 1 is 1.03 bits per heavy atom. The van der Waals surface area contributed by atoms with Crippen LogP contribution < -0.4 is 10.6 Å². The van der Waals surface area contributed by atoms with Crippen LogP contribution in [0.25, 0.3) is 0 Å². The van der Waals surface area contributed by atoms with Gasteiger partial charge in [-0.05, 0) is 75.4 Å². The van der Waals surface area contributed by atoms with Gasteiger partial charge >= 0.3 is 0 Å². The Labute approximate surface area is 194 Å². The molecule has 0 bridgehead atoms. The van der Waals surface area contributed by atoms with Gasteiger partial charge in [0.15, 0.2) is 0 Å². The molecule has 2 aromatic carbocycles. The predicted molar refractivity (Wildman–Crippen MR) is 125 cm³/mol. The van der Waals surface area contributed by atoms with E-state index in [1.54, 1.807) is 17.0 Å². The van der Waals surface area contributed by atoms with Crippen LogP contribution in [0.4, 0.5) is 4.39 Å². The van der Waals surface area contributed by atoms with Crippen LogP contribution in [0.5, 0.6) is 0 Å². The van der Waals surface area contributed by atoms with E-state index in [0.29, 0.717) is 37.1 Å². The molecule has 176 valence electrons. The zero-order chi connectivity index (χ0) is 24.0. The molecule has 0 saturated carbocycles. The number of hydrogen-bond donors (Lipinski definition) is 2. The number of carbonyl (C=O) groups excluding carboxylic acids is 3. The number of nitrogens with zero attached hydrogens (tertiary/aromatic N) is 1. The summed E-state index contributed by atoms with van der Waals surface area (Å²) >= 11 is 0. The fourth-order valence-electron chi connectivity index (χ4n) is 4.05. The second kappa shape index (κ2) is 11.1. The number of amides is 3. The number of benzene rings is 2. The Hall–Kier alpha value is -3.22. The van der Waals surface area contributed by atoms with E-state index >= 15 is 0 Å². The van der Waals surface area contributed by atoms with Crippen molar-refractivity contribution in [1.82, 2.24) is 15.5 Å². The van der Waals surface area contributed by atoms with E-state index in [1.165, 1.54) is 24.3 Å². The summed E-state index contributed by atoms with van der Waals surface area (Å²) in [6.45, 7) is 6.77. The molecular formula is C26H32FN3O3. The van der Waals surface area contributed by atoms with Gasteiger partial charge in [0.2, 0.25) is 5.91 Å². The average Bonchev–Trinajstić information content (AvgIpc) is 2.82. The van der Waals surface area contributed by atoms with Gasteiger partial charge in [-0.15, -0.1) is 0 Å². The molecule has 3 rings (SSSR count). The first-order valence-corrected chi connectivity index (χ1v) is 11.5. The van der Waals surface area contributed by atoms with Crippen molar-refractivity contribution >= 4 is 17.7 Å². The molecule has 6 nitrogen and oxygen atoms in total. The molecule has 2 aromatic rings. The minimum Gasteiger partial charge on any atom is -0.352 e. The SMILES string of the molecule is CC[C@@H](C)NC(=O)[C@@H](NC(=O)c1cccc(C)c1)C1CCN(C(=O)c2ccc(F)cc2)CC1. The highest BCUT2D eigenvalue weighted by atomic mass is 19.1. The summed E-state index contributed by atoms with van der Waals surface area (Å²) in [5.74, 6) is -1.12. The molecular weight excluding hydrogens is 421 g/mol. The lowest BCUT2D eigenvalue weighted by Crippen LogP contribution is -2.55. The van der Waals surface area contributed by atoms with E-state index in [1.807, 2.05) is 32.9 Å². The van der Waals surface area contributed by atoms with Crippen molar-refractivity contribution in [1.29, 1.82) is 0 Å². The van der Waals surface area contributed by atoms with Gasteiger partial charge in [0.05, 0.1) is 0 Å². The van der Waals surface area contributed by atoms with Crippen molar-refractivity contribution in [2.45, 2.75) is 52.1 Å². The van der Waals surface area contributed by atoms with Gasteiger partial charge in [-0.3, -0.25) is 14.4 Å². The number of carbonyl (C=O) groups is 3. The van der Waals surface area contributed by atoms with Crippen LogP contribution in [-0.2, 0) is 4.79 Å². The van der Waals surface area contributed by atoms with Crippen LogP contribution in [0.15, 0.2) is 48.5 Å². The maximum Gasteiger partial charge on any atom is 0.253 e. The van der Waals surface area contributed by atoms with Crippen molar-refractivity contribution in [3.8, 4) is 0 Å². The Balaban J connectivity index is 1.70. The summed E-state index contributed by atoms with van der Waals surface area (Å²) in [6.07, 6.45) is 1.95. The van der Waals surface area contributed by atoms with E-state index in [4.69, 9.17) is 0 Å². The summed E-state index contributed by atoms with van der Waals surface area (Å²) in [6, 6.07) is 12.1. The van der Waals surface area contributed by atoms with Crippen molar-refractivity contribution < 1.29 is 18.8 Å². The van der Waals surface area contributed by atoms with Crippen LogP contribution in [0.2, 0.25) is 0 Å². The number of rotatable bonds is 7. The highest BCUT2D eigenvalue weighted by molar-refractivity contribution is 5.98. The van der Waals surface area contributed by atoms with Gasteiger partial charge in [0.25, 0.3) is 11.8 Å². The van der Waals surface area contributed by atoms with E-state index in [-0.39, 0.29) is 35.5 Å². The zero-order valence-corrected chi connectivity index (χ0v) is 19.4. The summed E-state index contributed by atoms with van der Waals surface area (Å²) in [5.41, 5.74) is 1.92. The van der Waals surface area contributed by atoms with Crippen LogP contribution in [0, 0.1) is 18.7 Å². The highest BCUT2D eigenvalue weighted by Gasteiger charge is 2.34. The van der Waals surface area contributed by atoms with Gasteiger partial charge in [-0.25, -0.2) is 4.39 Å². The maximum absolute atomic E-state index is 13.2. The molecule has 2 N–H and O–H groups in total. The van der Waals surface area contributed by atoms with Gasteiger partial charge in [0.1, 0.15) is 11.9 Å². The molecule has 1 aliphatic heterocycles. The Kier molecular flexibility index (Phi) is 8.20. The molecule has 33 heavy (non-hydrogen) atoms. The van der Waals surface area contributed by atoms with E-state index in [9.17, 15) is 18.8 Å². The molecule has 1 aliphatic rings. The number of halogens is 1. The van der Waals surface area contributed by atoms with Crippen molar-refractivity contribution in [2.24, 2.45) is 5.92 Å². The molecule has 7 heteroatoms. The van der Waals surface area contributed by atoms with Crippen molar-refractivity contribution in [3.05, 3.63) is 71.0 Å². The minimum atomic E-state index is -0.685. The lowest BCUT2D eigenvalue weighted by atomic mass is 9.88. The number of piperidine rings is 1. The monoisotopic (exact) mass is 453 g/mol. The third kappa shape index (κ3) is 6.40. The van der Waals surface area contributed by atoms with E-state index in [0.717, 1.165) is 12.0 Å². The third-order valence-electron chi connectivity index (χ3n) is 6.24. The summed E-state index contributed by atoms with van der Waals surface area (Å²) < 4.78 is 13.2. The van der Waals surface area contributed by atoms with E-state index < -0.39 is 6.04 Å². The van der Waals surface area contributed by atoms with Crippen molar-refractivity contribution in [3.63, 3.8) is 0 Å². The Morgan fingerprint density at radius 2 is 1.70 bits per heavy atom. The number of likely N-dealkylation sites (tertiary alicyclic amines) is 1. The highest BCUT2D eigenvalue weighted by Crippen LogP contribution is 2.23. The van der Waals surface area contributed by atoms with Gasteiger partial charge in [0, 0.05) is 30.3 Å². The summed E-state index contributed by atoms with van der Waals surface area (Å²) in [4.78, 5) is 40.5. The molecule has 0 unspecified atom stereocenters. The molecule has 0 aromatic heterocycles. The standard InChI is InChI=1S/C26H32FN3O3/c1-4-18(3)28-25(32)23(29-24(31)21-7-5-6-17(2)16-21)19-12-14-30(15-13-19)26(33)20-8-10-22(27)11-9-20/h5-11,16,18-19,23H,4,12-15H2,1-3H3,(H,28,32)(H,29,31)/t18-,23+/m1/s1. The molecule has 1 heterocycles. The fraction of sp³-hybridized carbons (Fsp3) is 0.423. The average molecular weight is 454 g/mol. The number of hydrogen-bond acceptors (Lipinski definition) is 3. The lowest BCUT2D eigenvalue weighted by molar-refractivity contribution is -0.125. The molecule has 0 aliphatic carbocycles. The number of nitrogens with one attached hydrogen (secondary N) is 2. The van der Waals surface area contributed by atoms with Crippen LogP contribution in [0.3, 0.4) is 0 Å². The Bertz CT molecular complexity index is 985. The first-order valence-electron chi connectivity index (χ1n) is 11.5. The van der Waals surface area contributed by atoms with Crippen molar-refractivity contribution in [2.75, 3.05) is 13.1 Å². The smallest absolute Gasteiger partial charge is 0.253 e. The summed E-state index contributed by atoms with van der Waals surface area (Å²) in [7, 11) is 0. The summed E-state index contributed by atoms with van der Waals surface area (Å²) in [5, 5.41) is 5.94. The first kappa shape index (κ1) is 24.4. The minimum absolute atomic E-state index is 0.00369. The molecule has 1 fully saturated rings. The van der Waals surface area contributed by atoms with Crippen LogP contribution in [0.1, 0.15) is 59.4 Å². The van der Waals surface area contributed by atoms with Crippen LogP contribution in [-0.4, -0.2) is 47.8 Å². The maximum atomic E-state index is 13.2. The second-order valence-electron chi connectivity index (χ2n) is 8.78. The lowest BCUT2D eigenvalue weighted by Gasteiger charge is -2.36. The Morgan fingerprint density at radius 3 is 2.30 bits per heavy atom. The zero-order valence-electron chi connectivity index (χ0n) is 19.4. The fourth-order valence-corrected chi connectivity index (χ4v) is 4.05. The number of aryl methyl sites for hydroxylation is 1. The first-order chi connectivity index (χ1) is 15.8. The predicted octanol–water partition coefficient (Wildman–Crippen LogP) is 3.70. The molecule has 3 amide bonds. The van der Waals surface area contributed by atoms with Gasteiger partial charge in [-0.1, -0.05) is 24.6 Å². The normalized spacial score (nSPS) is 16.1. The third-order valence-corrected chi connectivity index (χ3v) is 6.24. The quantitative estimate of drug-likeness (QED) is 0.671. The van der Waals surface area contributed by atoms with Gasteiger partial charge in [-0.2, -0.15) is 0 Å². The molecule has 1 saturated heterocycles. The van der Waals surface area contributed by atoms with Gasteiger partial charge < -0.3 is 15.5 Å². The molecule has 0 spiro atoms. The topological polar surface area (TPSA) is 78.5 Å². The second-order valence-corrected chi connectivity index (χ2v) is 8.78. The van der Waals surface area contributed by atoms with Crippen LogP contribution >= 0.6 is 0 Å².